The number of carbonyl (C=O) groups is 1. The molecule has 1 N–H and O–H groups in total. The first-order chi connectivity index (χ1) is 9.65. The Morgan fingerprint density at radius 1 is 1.15 bits per heavy atom. The van der Waals surface area contributed by atoms with Gasteiger partial charge in [-0.05, 0) is 17.2 Å². The number of rotatable bonds is 2. The van der Waals surface area contributed by atoms with Crippen LogP contribution >= 0.6 is 0 Å². The molecule has 0 radical (unpaired) electrons. The lowest BCUT2D eigenvalue weighted by Crippen LogP contribution is -2.26. The molecule has 2 aromatic rings. The maximum absolute atomic E-state index is 11.3. The van der Waals surface area contributed by atoms with Crippen LogP contribution in [0.2, 0.25) is 0 Å². The summed E-state index contributed by atoms with van der Waals surface area (Å²) in [7, 11) is 0. The first kappa shape index (κ1) is 12.2. The van der Waals surface area contributed by atoms with Gasteiger partial charge in [-0.2, -0.15) is 0 Å². The van der Waals surface area contributed by atoms with Crippen molar-refractivity contribution >= 4 is 17.3 Å². The number of anilines is 1. The molecule has 20 heavy (non-hydrogen) atoms. The predicted molar refractivity (Wildman–Crippen MR) is 72.7 cm³/mol. The second-order valence-corrected chi connectivity index (χ2v) is 4.33. The maximum atomic E-state index is 11.3. The molecule has 0 aromatic heterocycles. The molecule has 1 heterocycles. The molecular weight excluding hydrogens is 260 g/mol. The van der Waals surface area contributed by atoms with Crippen LogP contribution in [-0.2, 0) is 4.79 Å². The molecule has 0 fully saturated rings. The first-order valence-electron chi connectivity index (χ1n) is 5.95. The van der Waals surface area contributed by atoms with Gasteiger partial charge in [-0.15, -0.1) is 0 Å². The fourth-order valence-electron chi connectivity index (χ4n) is 2.10. The molecule has 0 saturated carbocycles. The minimum Gasteiger partial charge on any atom is -0.481 e. The van der Waals surface area contributed by atoms with E-state index in [1.165, 1.54) is 6.07 Å². The molecule has 1 aliphatic rings. The Balaban J connectivity index is 2.18. The quantitative estimate of drug-likeness (QED) is 0.671. The zero-order valence-electron chi connectivity index (χ0n) is 10.3. The van der Waals surface area contributed by atoms with E-state index in [9.17, 15) is 14.9 Å². The van der Waals surface area contributed by atoms with E-state index in [1.807, 2.05) is 30.3 Å². The van der Waals surface area contributed by atoms with E-state index in [0.717, 1.165) is 5.56 Å². The first-order valence-corrected chi connectivity index (χ1v) is 5.95. The Morgan fingerprint density at radius 3 is 2.60 bits per heavy atom. The standard InChI is InChI=1S/C14H10N2O4/c17-13-8-20-12-7-10(9-4-2-1-3-5-9)6-11(16(18)19)14(12)15-13/h1-7H,8H2,(H,15,17). The third kappa shape index (κ3) is 2.07. The van der Waals surface area contributed by atoms with E-state index in [-0.39, 0.29) is 18.0 Å². The Kier molecular flexibility index (Phi) is 2.83. The number of hydrogen-bond acceptors (Lipinski definition) is 4. The van der Waals surface area contributed by atoms with Crippen molar-refractivity contribution in [1.82, 2.24) is 0 Å². The number of amides is 1. The van der Waals surface area contributed by atoms with Crippen molar-refractivity contribution in [2.75, 3.05) is 11.9 Å². The Hall–Kier alpha value is -2.89. The summed E-state index contributed by atoms with van der Waals surface area (Å²) in [6, 6.07) is 12.4. The molecular formula is C14H10N2O4. The lowest BCUT2D eigenvalue weighted by atomic mass is 10.0. The van der Waals surface area contributed by atoms with Gasteiger partial charge in [0.1, 0.15) is 0 Å². The molecule has 0 unspecified atom stereocenters. The van der Waals surface area contributed by atoms with Crippen molar-refractivity contribution in [1.29, 1.82) is 0 Å². The van der Waals surface area contributed by atoms with Crippen LogP contribution in [0.5, 0.6) is 5.75 Å². The summed E-state index contributed by atoms with van der Waals surface area (Å²) in [6.07, 6.45) is 0. The zero-order chi connectivity index (χ0) is 14.1. The lowest BCUT2D eigenvalue weighted by Gasteiger charge is -2.18. The smallest absolute Gasteiger partial charge is 0.297 e. The number of ether oxygens (including phenoxy) is 1. The fourth-order valence-corrected chi connectivity index (χ4v) is 2.10. The van der Waals surface area contributed by atoms with Crippen molar-refractivity contribution < 1.29 is 14.5 Å². The molecule has 0 bridgehead atoms. The highest BCUT2D eigenvalue weighted by atomic mass is 16.6. The van der Waals surface area contributed by atoms with Crippen molar-refractivity contribution in [3.63, 3.8) is 0 Å². The topological polar surface area (TPSA) is 81.5 Å². The summed E-state index contributed by atoms with van der Waals surface area (Å²) in [5.74, 6) is -0.0780. The van der Waals surface area contributed by atoms with E-state index in [2.05, 4.69) is 5.32 Å². The summed E-state index contributed by atoms with van der Waals surface area (Å²) < 4.78 is 5.27. The van der Waals surface area contributed by atoms with Gasteiger partial charge in [0, 0.05) is 6.07 Å². The Morgan fingerprint density at radius 2 is 1.90 bits per heavy atom. The number of nitrogens with one attached hydrogen (secondary N) is 1. The normalized spacial score (nSPS) is 13.1. The number of hydrogen-bond donors (Lipinski definition) is 1. The third-order valence-corrected chi connectivity index (χ3v) is 3.01. The summed E-state index contributed by atoms with van der Waals surface area (Å²) in [5, 5.41) is 13.6. The molecule has 0 aliphatic carbocycles. The molecule has 6 heteroatoms. The van der Waals surface area contributed by atoms with E-state index < -0.39 is 10.8 Å². The average Bonchev–Trinajstić information content (AvgIpc) is 2.47. The van der Waals surface area contributed by atoms with Gasteiger partial charge in [-0.3, -0.25) is 14.9 Å². The molecule has 1 aliphatic heterocycles. The monoisotopic (exact) mass is 270 g/mol. The molecule has 100 valence electrons. The summed E-state index contributed by atoms with van der Waals surface area (Å²) in [4.78, 5) is 21.9. The van der Waals surface area contributed by atoms with Crippen LogP contribution in [0.1, 0.15) is 0 Å². The van der Waals surface area contributed by atoms with Crippen LogP contribution in [-0.4, -0.2) is 17.4 Å². The molecule has 0 spiro atoms. The molecule has 3 rings (SSSR count). The van der Waals surface area contributed by atoms with E-state index in [0.29, 0.717) is 11.3 Å². The summed E-state index contributed by atoms with van der Waals surface area (Å²) in [6.45, 7) is -0.137. The molecule has 2 aromatic carbocycles. The van der Waals surface area contributed by atoms with Crippen LogP contribution in [0.4, 0.5) is 11.4 Å². The number of nitrogens with zero attached hydrogens (tertiary/aromatic N) is 1. The van der Waals surface area contributed by atoms with Crippen molar-refractivity contribution in [2.45, 2.75) is 0 Å². The SMILES string of the molecule is O=C1COc2cc(-c3ccccc3)cc([N+](=O)[O-])c2N1. The lowest BCUT2D eigenvalue weighted by molar-refractivity contribution is -0.384. The largest absolute Gasteiger partial charge is 0.481 e. The average molecular weight is 270 g/mol. The highest BCUT2D eigenvalue weighted by molar-refractivity contribution is 5.99. The Bertz CT molecular complexity index is 698. The van der Waals surface area contributed by atoms with Crippen LogP contribution in [0.25, 0.3) is 11.1 Å². The number of nitro groups is 1. The molecule has 0 atom stereocenters. The number of carbonyl (C=O) groups excluding carboxylic acids is 1. The highest BCUT2D eigenvalue weighted by Crippen LogP contribution is 2.40. The van der Waals surface area contributed by atoms with Crippen molar-refractivity contribution in [3.05, 3.63) is 52.6 Å². The van der Waals surface area contributed by atoms with Gasteiger partial charge in [0.15, 0.2) is 18.0 Å². The van der Waals surface area contributed by atoms with E-state index in [1.54, 1.807) is 6.07 Å². The van der Waals surface area contributed by atoms with Gasteiger partial charge < -0.3 is 10.1 Å². The van der Waals surface area contributed by atoms with Gasteiger partial charge in [-0.25, -0.2) is 0 Å². The Labute approximate surface area is 114 Å². The van der Waals surface area contributed by atoms with Gasteiger partial charge >= 0.3 is 0 Å². The van der Waals surface area contributed by atoms with E-state index in [4.69, 9.17) is 4.74 Å². The minimum atomic E-state index is -0.528. The minimum absolute atomic E-state index is 0.117. The second-order valence-electron chi connectivity index (χ2n) is 4.33. The number of benzene rings is 2. The predicted octanol–water partition coefficient (Wildman–Crippen LogP) is 2.59. The van der Waals surface area contributed by atoms with Crippen molar-refractivity contribution in [2.24, 2.45) is 0 Å². The highest BCUT2D eigenvalue weighted by Gasteiger charge is 2.26. The van der Waals surface area contributed by atoms with Crippen molar-refractivity contribution in [3.8, 4) is 16.9 Å². The van der Waals surface area contributed by atoms with Gasteiger partial charge in [0.25, 0.3) is 11.6 Å². The molecule has 1 amide bonds. The summed E-state index contributed by atoms with van der Waals surface area (Å²) in [5.41, 5.74) is 1.46. The van der Waals surface area contributed by atoms with Gasteiger partial charge in [0.2, 0.25) is 0 Å². The zero-order valence-corrected chi connectivity index (χ0v) is 10.3. The molecule has 6 nitrogen and oxygen atoms in total. The molecule has 0 saturated heterocycles. The van der Waals surface area contributed by atoms with Crippen LogP contribution in [0.15, 0.2) is 42.5 Å². The number of fused-ring (bicyclic) bond motifs is 1. The van der Waals surface area contributed by atoms with Crippen LogP contribution in [0.3, 0.4) is 0 Å². The van der Waals surface area contributed by atoms with Crippen LogP contribution in [0, 0.1) is 10.1 Å². The number of nitro benzene ring substituents is 1. The fraction of sp³-hybridized carbons (Fsp3) is 0.0714. The third-order valence-electron chi connectivity index (χ3n) is 3.01. The second kappa shape index (κ2) is 4.65. The van der Waals surface area contributed by atoms with Gasteiger partial charge in [-0.1, -0.05) is 30.3 Å². The van der Waals surface area contributed by atoms with Gasteiger partial charge in [0.05, 0.1) is 4.92 Å². The van der Waals surface area contributed by atoms with E-state index >= 15 is 0 Å². The summed E-state index contributed by atoms with van der Waals surface area (Å²) >= 11 is 0. The van der Waals surface area contributed by atoms with Crippen LogP contribution < -0.4 is 10.1 Å². The maximum Gasteiger partial charge on any atom is 0.297 e.